The Morgan fingerprint density at radius 1 is 1.30 bits per heavy atom. The number of hydrogen-bond donors (Lipinski definition) is 3. The second kappa shape index (κ2) is 6.99. The normalized spacial score (nSPS) is 22.4. The lowest BCUT2D eigenvalue weighted by atomic mass is 9.94. The van der Waals surface area contributed by atoms with Crippen molar-refractivity contribution >= 4 is 23.4 Å². The maximum Gasteiger partial charge on any atom is 0.251 e. The van der Waals surface area contributed by atoms with Crippen LogP contribution in [0.2, 0.25) is 0 Å². The van der Waals surface area contributed by atoms with Gasteiger partial charge in [0.2, 0.25) is 0 Å². The molecule has 1 fully saturated rings. The van der Waals surface area contributed by atoms with Gasteiger partial charge in [-0.05, 0) is 62.6 Å². The number of thioether (sulfide) groups is 1. The predicted octanol–water partition coefficient (Wildman–Crippen LogP) is 2.68. The van der Waals surface area contributed by atoms with Crippen LogP contribution in [0, 0.1) is 6.92 Å². The van der Waals surface area contributed by atoms with Crippen molar-refractivity contribution in [2.24, 2.45) is 5.84 Å². The van der Waals surface area contributed by atoms with Crippen molar-refractivity contribution in [1.82, 2.24) is 5.32 Å². The van der Waals surface area contributed by atoms with Crippen molar-refractivity contribution in [2.45, 2.75) is 43.9 Å². The zero-order chi connectivity index (χ0) is 14.5. The molecule has 0 spiro atoms. The highest BCUT2D eigenvalue weighted by Crippen LogP contribution is 2.27. The van der Waals surface area contributed by atoms with E-state index in [1.54, 1.807) is 0 Å². The lowest BCUT2D eigenvalue weighted by Gasteiger charge is -2.28. The van der Waals surface area contributed by atoms with E-state index in [0.29, 0.717) is 11.6 Å². The molecule has 20 heavy (non-hydrogen) atoms. The Morgan fingerprint density at radius 2 is 2.00 bits per heavy atom. The van der Waals surface area contributed by atoms with Gasteiger partial charge in [-0.25, -0.2) is 0 Å². The molecule has 0 radical (unpaired) electrons. The van der Waals surface area contributed by atoms with E-state index in [1.807, 2.05) is 36.9 Å². The molecule has 1 aromatic rings. The third-order valence-corrected chi connectivity index (χ3v) is 5.12. The number of nitrogens with two attached hydrogens (primary N) is 1. The molecule has 0 heterocycles. The Bertz CT molecular complexity index is 470. The first-order valence-electron chi connectivity index (χ1n) is 7.05. The summed E-state index contributed by atoms with van der Waals surface area (Å²) < 4.78 is 0. The predicted molar refractivity (Wildman–Crippen MR) is 86.0 cm³/mol. The Balaban J connectivity index is 1.93. The molecule has 0 aromatic heterocycles. The fourth-order valence-electron chi connectivity index (χ4n) is 2.68. The fourth-order valence-corrected chi connectivity index (χ4v) is 3.42. The molecule has 0 aliphatic heterocycles. The van der Waals surface area contributed by atoms with Gasteiger partial charge in [0.05, 0.1) is 5.69 Å². The van der Waals surface area contributed by atoms with E-state index in [2.05, 4.69) is 17.0 Å². The summed E-state index contributed by atoms with van der Waals surface area (Å²) in [5.74, 6) is 5.42. The van der Waals surface area contributed by atoms with Gasteiger partial charge in [-0.1, -0.05) is 0 Å². The summed E-state index contributed by atoms with van der Waals surface area (Å²) in [6.07, 6.45) is 6.72. The molecule has 0 atom stereocenters. The largest absolute Gasteiger partial charge is 0.349 e. The molecule has 1 amide bonds. The van der Waals surface area contributed by atoms with Gasteiger partial charge in [-0.15, -0.1) is 0 Å². The van der Waals surface area contributed by atoms with Gasteiger partial charge in [0.1, 0.15) is 0 Å². The molecule has 1 aliphatic rings. The van der Waals surface area contributed by atoms with Crippen molar-refractivity contribution in [1.29, 1.82) is 0 Å². The van der Waals surface area contributed by atoms with Crippen molar-refractivity contribution < 1.29 is 4.79 Å². The van der Waals surface area contributed by atoms with Crippen molar-refractivity contribution in [2.75, 3.05) is 11.7 Å². The second-order valence-electron chi connectivity index (χ2n) is 5.36. The summed E-state index contributed by atoms with van der Waals surface area (Å²) in [6.45, 7) is 1.94. The number of carbonyl (C=O) groups excluding carboxylic acids is 1. The van der Waals surface area contributed by atoms with Crippen LogP contribution in [-0.2, 0) is 0 Å². The lowest BCUT2D eigenvalue weighted by Crippen LogP contribution is -2.38. The average Bonchev–Trinajstić information content (AvgIpc) is 2.48. The smallest absolute Gasteiger partial charge is 0.251 e. The maximum absolute atomic E-state index is 12.2. The first-order chi connectivity index (χ1) is 9.63. The average molecular weight is 293 g/mol. The monoisotopic (exact) mass is 293 g/mol. The first-order valence-corrected chi connectivity index (χ1v) is 8.33. The highest BCUT2D eigenvalue weighted by atomic mass is 32.2. The molecule has 0 unspecified atom stereocenters. The van der Waals surface area contributed by atoms with Crippen LogP contribution in [0.25, 0.3) is 0 Å². The number of hydrogen-bond acceptors (Lipinski definition) is 4. The molecule has 2 rings (SSSR count). The van der Waals surface area contributed by atoms with Gasteiger partial charge >= 0.3 is 0 Å². The van der Waals surface area contributed by atoms with Gasteiger partial charge < -0.3 is 10.7 Å². The number of aryl methyl sites for hydroxylation is 1. The minimum atomic E-state index is 0.0178. The van der Waals surface area contributed by atoms with E-state index in [4.69, 9.17) is 5.84 Å². The van der Waals surface area contributed by atoms with Crippen LogP contribution in [0.15, 0.2) is 18.2 Å². The van der Waals surface area contributed by atoms with E-state index in [-0.39, 0.29) is 5.91 Å². The van der Waals surface area contributed by atoms with Gasteiger partial charge in [0.25, 0.3) is 5.91 Å². The standard InChI is InChI=1S/C15H23N3OS/c1-10-9-11(3-8-14(10)18-16)15(19)17-12-4-6-13(20-2)7-5-12/h3,8-9,12-13,18H,4-7,16H2,1-2H3,(H,17,19). The second-order valence-corrected chi connectivity index (χ2v) is 6.49. The van der Waals surface area contributed by atoms with Crippen LogP contribution in [0.5, 0.6) is 0 Å². The van der Waals surface area contributed by atoms with Gasteiger partial charge in [0, 0.05) is 16.9 Å². The maximum atomic E-state index is 12.2. The van der Waals surface area contributed by atoms with Gasteiger partial charge in [0.15, 0.2) is 0 Å². The van der Waals surface area contributed by atoms with E-state index < -0.39 is 0 Å². The number of benzene rings is 1. The van der Waals surface area contributed by atoms with E-state index in [9.17, 15) is 4.79 Å². The highest BCUT2D eigenvalue weighted by molar-refractivity contribution is 7.99. The van der Waals surface area contributed by atoms with Crippen LogP contribution >= 0.6 is 11.8 Å². The van der Waals surface area contributed by atoms with Gasteiger partial charge in [-0.3, -0.25) is 10.6 Å². The molecule has 4 N–H and O–H groups in total. The highest BCUT2D eigenvalue weighted by Gasteiger charge is 2.22. The summed E-state index contributed by atoms with van der Waals surface area (Å²) in [5.41, 5.74) is 5.15. The van der Waals surface area contributed by atoms with Crippen molar-refractivity contribution in [3.05, 3.63) is 29.3 Å². The number of rotatable bonds is 4. The van der Waals surface area contributed by atoms with Crippen LogP contribution < -0.4 is 16.6 Å². The van der Waals surface area contributed by atoms with E-state index in [1.165, 1.54) is 12.8 Å². The number of nitrogens with one attached hydrogen (secondary N) is 2. The Kier molecular flexibility index (Phi) is 5.31. The molecular formula is C15H23N3OS. The summed E-state index contributed by atoms with van der Waals surface area (Å²) in [7, 11) is 0. The lowest BCUT2D eigenvalue weighted by molar-refractivity contribution is 0.0928. The number of amides is 1. The van der Waals surface area contributed by atoms with E-state index >= 15 is 0 Å². The molecule has 1 saturated carbocycles. The quantitative estimate of drug-likeness (QED) is 0.590. The Morgan fingerprint density at radius 3 is 2.55 bits per heavy atom. The summed E-state index contributed by atoms with van der Waals surface area (Å²) in [5, 5.41) is 3.91. The SMILES string of the molecule is CSC1CCC(NC(=O)c2ccc(NN)c(C)c2)CC1. The van der Waals surface area contributed by atoms with E-state index in [0.717, 1.165) is 29.3 Å². The van der Waals surface area contributed by atoms with Crippen molar-refractivity contribution in [3.63, 3.8) is 0 Å². The Labute approximate surface area is 124 Å². The van der Waals surface area contributed by atoms with Crippen LogP contribution in [0.1, 0.15) is 41.6 Å². The summed E-state index contributed by atoms with van der Waals surface area (Å²) in [6, 6.07) is 5.84. The molecule has 1 aromatic carbocycles. The molecule has 0 bridgehead atoms. The van der Waals surface area contributed by atoms with Crippen LogP contribution in [-0.4, -0.2) is 23.5 Å². The van der Waals surface area contributed by atoms with Crippen molar-refractivity contribution in [3.8, 4) is 0 Å². The molecule has 110 valence electrons. The minimum Gasteiger partial charge on any atom is -0.349 e. The molecular weight excluding hydrogens is 270 g/mol. The summed E-state index contributed by atoms with van der Waals surface area (Å²) in [4.78, 5) is 12.2. The fraction of sp³-hybridized carbons (Fsp3) is 0.533. The molecule has 0 saturated heterocycles. The number of nitrogen functional groups attached to an aromatic ring is 1. The van der Waals surface area contributed by atoms with Crippen LogP contribution in [0.3, 0.4) is 0 Å². The number of carbonyl (C=O) groups is 1. The molecule has 5 heteroatoms. The molecule has 4 nitrogen and oxygen atoms in total. The first kappa shape index (κ1) is 15.2. The zero-order valence-electron chi connectivity index (χ0n) is 12.1. The third kappa shape index (κ3) is 3.67. The zero-order valence-corrected chi connectivity index (χ0v) is 12.9. The van der Waals surface area contributed by atoms with Crippen LogP contribution in [0.4, 0.5) is 5.69 Å². The topological polar surface area (TPSA) is 67.2 Å². The molecule has 1 aliphatic carbocycles. The third-order valence-electron chi connectivity index (χ3n) is 3.99. The number of anilines is 1. The minimum absolute atomic E-state index is 0.0178. The Hall–Kier alpha value is -1.20. The number of hydrazine groups is 1. The van der Waals surface area contributed by atoms with Gasteiger partial charge in [-0.2, -0.15) is 11.8 Å². The summed E-state index contributed by atoms with van der Waals surface area (Å²) >= 11 is 1.94.